The van der Waals surface area contributed by atoms with Crippen molar-refractivity contribution in [3.8, 4) is 33.4 Å². The molecule has 1 N–H and O–H groups in total. The molecule has 7 aromatic carbocycles. The molecule has 7 aromatic rings. The predicted octanol–water partition coefficient (Wildman–Crippen LogP) is 10.7. The fourth-order valence-corrected chi connectivity index (χ4v) is 5.44. The molecular formula is C38H27N. The Morgan fingerprint density at radius 2 is 0.897 bits per heavy atom. The van der Waals surface area contributed by atoms with E-state index in [-0.39, 0.29) is 0 Å². The molecule has 1 nitrogen and oxygen atoms in total. The monoisotopic (exact) mass is 497 g/mol. The first-order valence-corrected chi connectivity index (χ1v) is 13.4. The van der Waals surface area contributed by atoms with Crippen molar-refractivity contribution in [3.05, 3.63) is 158 Å². The van der Waals surface area contributed by atoms with Gasteiger partial charge in [-0.2, -0.15) is 0 Å². The van der Waals surface area contributed by atoms with Crippen molar-refractivity contribution < 1.29 is 0 Å². The van der Waals surface area contributed by atoms with E-state index in [0.29, 0.717) is 0 Å². The van der Waals surface area contributed by atoms with E-state index in [1.807, 2.05) is 0 Å². The Bertz CT molecular complexity index is 1900. The van der Waals surface area contributed by atoms with E-state index in [4.69, 9.17) is 0 Å². The lowest BCUT2D eigenvalue weighted by Gasteiger charge is -2.15. The van der Waals surface area contributed by atoms with E-state index < -0.39 is 0 Å². The van der Waals surface area contributed by atoms with Gasteiger partial charge in [-0.1, -0.05) is 127 Å². The van der Waals surface area contributed by atoms with Gasteiger partial charge >= 0.3 is 0 Å². The van der Waals surface area contributed by atoms with Crippen LogP contribution in [-0.2, 0) is 0 Å². The molecule has 0 unspecified atom stereocenters. The summed E-state index contributed by atoms with van der Waals surface area (Å²) >= 11 is 0. The second kappa shape index (κ2) is 9.96. The molecule has 0 aromatic heterocycles. The van der Waals surface area contributed by atoms with E-state index in [1.165, 1.54) is 54.9 Å². The molecule has 0 fully saturated rings. The zero-order valence-corrected chi connectivity index (χ0v) is 21.5. The summed E-state index contributed by atoms with van der Waals surface area (Å²) in [6, 6.07) is 56.3. The third kappa shape index (κ3) is 4.56. The van der Waals surface area contributed by atoms with Crippen LogP contribution in [0.2, 0.25) is 0 Å². The second-order valence-electron chi connectivity index (χ2n) is 9.92. The molecule has 0 radical (unpaired) electrons. The van der Waals surface area contributed by atoms with Crippen LogP contribution in [0.3, 0.4) is 0 Å². The van der Waals surface area contributed by atoms with Gasteiger partial charge in [0.05, 0.1) is 0 Å². The van der Waals surface area contributed by atoms with Gasteiger partial charge in [0.1, 0.15) is 0 Å². The molecule has 0 spiro atoms. The van der Waals surface area contributed by atoms with E-state index in [2.05, 4.69) is 163 Å². The van der Waals surface area contributed by atoms with Gasteiger partial charge in [-0.05, 0) is 85.3 Å². The normalized spacial score (nSPS) is 11.1. The van der Waals surface area contributed by atoms with Crippen molar-refractivity contribution in [2.75, 3.05) is 5.32 Å². The molecule has 0 bridgehead atoms. The number of nitrogens with one attached hydrogen (secondary N) is 1. The van der Waals surface area contributed by atoms with Crippen LogP contribution >= 0.6 is 0 Å². The fraction of sp³-hybridized carbons (Fsp3) is 0. The molecule has 7 rings (SSSR count). The highest BCUT2D eigenvalue weighted by Crippen LogP contribution is 2.38. The summed E-state index contributed by atoms with van der Waals surface area (Å²) in [7, 11) is 0. The average molecular weight is 498 g/mol. The molecule has 0 atom stereocenters. The van der Waals surface area contributed by atoms with Gasteiger partial charge in [-0.15, -0.1) is 0 Å². The minimum Gasteiger partial charge on any atom is -0.356 e. The van der Waals surface area contributed by atoms with Crippen LogP contribution in [0.5, 0.6) is 0 Å². The zero-order chi connectivity index (χ0) is 26.0. The first-order chi connectivity index (χ1) is 19.3. The molecule has 0 aliphatic carbocycles. The Kier molecular flexibility index (Phi) is 5.88. The quantitative estimate of drug-likeness (QED) is 0.249. The highest BCUT2D eigenvalue weighted by Gasteiger charge is 2.12. The van der Waals surface area contributed by atoms with Gasteiger partial charge in [0.25, 0.3) is 0 Å². The molecule has 0 aliphatic heterocycles. The van der Waals surface area contributed by atoms with Crippen LogP contribution in [0.1, 0.15) is 0 Å². The maximum absolute atomic E-state index is 3.57. The number of rotatable bonds is 5. The molecule has 0 heterocycles. The maximum atomic E-state index is 3.57. The summed E-state index contributed by atoms with van der Waals surface area (Å²) in [5.41, 5.74) is 9.54. The largest absolute Gasteiger partial charge is 0.356 e. The smallest absolute Gasteiger partial charge is 0.0384 e. The number of anilines is 2. The van der Waals surface area contributed by atoms with Crippen LogP contribution in [-0.4, -0.2) is 0 Å². The van der Waals surface area contributed by atoms with E-state index >= 15 is 0 Å². The van der Waals surface area contributed by atoms with E-state index in [0.717, 1.165) is 11.4 Å². The Hall–Kier alpha value is -5.14. The lowest BCUT2D eigenvalue weighted by atomic mass is 9.90. The third-order valence-corrected chi connectivity index (χ3v) is 7.44. The van der Waals surface area contributed by atoms with Gasteiger partial charge in [0.15, 0.2) is 0 Å². The maximum Gasteiger partial charge on any atom is 0.0384 e. The molecule has 0 saturated carbocycles. The molecule has 0 aliphatic rings. The molecule has 0 amide bonds. The predicted molar refractivity (Wildman–Crippen MR) is 167 cm³/mol. The van der Waals surface area contributed by atoms with Crippen molar-refractivity contribution in [2.45, 2.75) is 0 Å². The Morgan fingerprint density at radius 1 is 0.333 bits per heavy atom. The summed E-state index contributed by atoms with van der Waals surface area (Å²) in [5.74, 6) is 0. The summed E-state index contributed by atoms with van der Waals surface area (Å²) in [5, 5.41) is 8.62. The first kappa shape index (κ1) is 23.0. The summed E-state index contributed by atoms with van der Waals surface area (Å²) in [4.78, 5) is 0. The number of benzene rings is 7. The topological polar surface area (TPSA) is 12.0 Å². The third-order valence-electron chi connectivity index (χ3n) is 7.44. The van der Waals surface area contributed by atoms with Gasteiger partial charge in [-0.25, -0.2) is 0 Å². The summed E-state index contributed by atoms with van der Waals surface area (Å²) < 4.78 is 0. The number of hydrogen-bond donors (Lipinski definition) is 1. The Balaban J connectivity index is 1.16. The van der Waals surface area contributed by atoms with E-state index in [9.17, 15) is 0 Å². The highest BCUT2D eigenvalue weighted by molar-refractivity contribution is 6.04. The average Bonchev–Trinajstić information content (AvgIpc) is 3.01. The first-order valence-electron chi connectivity index (χ1n) is 13.4. The molecule has 39 heavy (non-hydrogen) atoms. The van der Waals surface area contributed by atoms with Crippen LogP contribution in [0.25, 0.3) is 54.9 Å². The minimum atomic E-state index is 1.07. The SMILES string of the molecule is c1ccc(-c2c(-c3ccc(Nc4ccc(-c5ccc6ccccc6c5)cc4)cc3)ccc3ccccc23)cc1. The number of hydrogen-bond acceptors (Lipinski definition) is 1. The van der Waals surface area contributed by atoms with Gasteiger partial charge in [0.2, 0.25) is 0 Å². The van der Waals surface area contributed by atoms with Crippen molar-refractivity contribution in [1.29, 1.82) is 0 Å². The Labute approximate surface area is 229 Å². The van der Waals surface area contributed by atoms with E-state index in [1.54, 1.807) is 0 Å². The fourth-order valence-electron chi connectivity index (χ4n) is 5.44. The van der Waals surface area contributed by atoms with Crippen LogP contribution in [0, 0.1) is 0 Å². The van der Waals surface area contributed by atoms with Crippen LogP contribution in [0.4, 0.5) is 11.4 Å². The zero-order valence-electron chi connectivity index (χ0n) is 21.5. The highest BCUT2D eigenvalue weighted by atomic mass is 14.9. The van der Waals surface area contributed by atoms with Crippen molar-refractivity contribution in [3.63, 3.8) is 0 Å². The minimum absolute atomic E-state index is 1.07. The molecule has 0 saturated heterocycles. The van der Waals surface area contributed by atoms with Gasteiger partial charge in [-0.3, -0.25) is 0 Å². The summed E-state index contributed by atoms with van der Waals surface area (Å²) in [6.45, 7) is 0. The van der Waals surface area contributed by atoms with Crippen molar-refractivity contribution in [1.82, 2.24) is 0 Å². The van der Waals surface area contributed by atoms with Crippen LogP contribution < -0.4 is 5.32 Å². The molecule has 184 valence electrons. The second-order valence-corrected chi connectivity index (χ2v) is 9.92. The lowest BCUT2D eigenvalue weighted by molar-refractivity contribution is 1.54. The molecular weight excluding hydrogens is 470 g/mol. The van der Waals surface area contributed by atoms with Gasteiger partial charge < -0.3 is 5.32 Å². The number of fused-ring (bicyclic) bond motifs is 2. The van der Waals surface area contributed by atoms with Crippen molar-refractivity contribution in [2.24, 2.45) is 0 Å². The summed E-state index contributed by atoms with van der Waals surface area (Å²) in [6.07, 6.45) is 0. The standard InChI is InChI=1S/C38H27N/c1-2-10-31(11-3-1)38-36-13-7-6-9-29(36)20-25-37(38)30-18-23-35(24-19-30)39-34-21-16-28(17-22-34)33-15-14-27-8-4-5-12-32(27)26-33/h1-26,39H. The van der Waals surface area contributed by atoms with Crippen molar-refractivity contribution >= 4 is 32.9 Å². The molecule has 1 heteroatoms. The lowest BCUT2D eigenvalue weighted by Crippen LogP contribution is -1.91. The van der Waals surface area contributed by atoms with Crippen LogP contribution in [0.15, 0.2) is 158 Å². The van der Waals surface area contributed by atoms with Gasteiger partial charge in [0, 0.05) is 11.4 Å². The Morgan fingerprint density at radius 3 is 1.64 bits per heavy atom.